The lowest BCUT2D eigenvalue weighted by Crippen LogP contribution is -2.50. The molecular formula is C30H43FN4O5SSi. The van der Waals surface area contributed by atoms with Crippen molar-refractivity contribution in [2.24, 2.45) is 4.99 Å². The zero-order valence-electron chi connectivity index (χ0n) is 25.4. The summed E-state index contributed by atoms with van der Waals surface area (Å²) in [5, 5.41) is 6.36. The van der Waals surface area contributed by atoms with Crippen molar-refractivity contribution in [2.75, 3.05) is 37.3 Å². The Morgan fingerprint density at radius 1 is 1.14 bits per heavy atom. The number of halogens is 1. The molecule has 2 aliphatic rings. The number of nitrogens with one attached hydrogen (secondary N) is 2. The minimum atomic E-state index is -3.52. The third-order valence-corrected chi connectivity index (χ3v) is 15.2. The number of piperidine rings is 1. The maximum Gasteiger partial charge on any atom is 0.253 e. The predicted octanol–water partition coefficient (Wildman–Crippen LogP) is 4.98. The highest BCUT2D eigenvalue weighted by Gasteiger charge is 2.47. The summed E-state index contributed by atoms with van der Waals surface area (Å²) < 4.78 is 46.7. The first-order chi connectivity index (χ1) is 19.7. The van der Waals surface area contributed by atoms with Crippen molar-refractivity contribution in [3.8, 4) is 5.75 Å². The standard InChI is InChI=1S/C30H43FN4O5SSi/c1-22-20-25(32-15-18-39-42(5,6)29(2,3)4)11-10-23(22)12-19-41(37,38)35-16-13-30(14-17-35)28(36)33-27(34-30)24-8-7-9-26(21-24)40-31/h7-11,20-21,32H,12-19H2,1-6H3,(H,33,34,36). The molecule has 4 rings (SSSR count). The maximum atomic E-state index is 13.2. The van der Waals surface area contributed by atoms with Crippen molar-refractivity contribution in [3.05, 3.63) is 59.2 Å². The number of anilines is 1. The quantitative estimate of drug-likeness (QED) is 0.272. The molecule has 0 radical (unpaired) electrons. The average molecular weight is 619 g/mol. The Kier molecular flexibility index (Phi) is 9.51. The van der Waals surface area contributed by atoms with E-state index in [4.69, 9.17) is 4.43 Å². The SMILES string of the molecule is Cc1cc(NCCO[Si](C)(C)C(C)(C)C)ccc1CCS(=O)(=O)N1CCC2(CC1)N=C(c1cccc(OF)c1)NC2=O. The second kappa shape index (κ2) is 12.4. The van der Waals surface area contributed by atoms with E-state index in [0.717, 1.165) is 16.8 Å². The van der Waals surface area contributed by atoms with Gasteiger partial charge in [0.15, 0.2) is 14.1 Å². The molecule has 9 nitrogen and oxygen atoms in total. The Morgan fingerprint density at radius 2 is 1.86 bits per heavy atom. The van der Waals surface area contributed by atoms with Crippen LogP contribution in [-0.2, 0) is 25.7 Å². The molecule has 0 aromatic heterocycles. The summed E-state index contributed by atoms with van der Waals surface area (Å²) in [5.74, 6) is 0.0768. The summed E-state index contributed by atoms with van der Waals surface area (Å²) >= 11 is 0. The van der Waals surface area contributed by atoms with Crippen molar-refractivity contribution in [3.63, 3.8) is 0 Å². The minimum absolute atomic E-state index is 0.00922. The Morgan fingerprint density at radius 3 is 2.50 bits per heavy atom. The Labute approximate surface area is 250 Å². The van der Waals surface area contributed by atoms with Crippen LogP contribution in [-0.4, -0.2) is 70.3 Å². The van der Waals surface area contributed by atoms with Crippen LogP contribution in [0, 0.1) is 6.92 Å². The molecule has 12 heteroatoms. The Balaban J connectivity index is 1.29. The van der Waals surface area contributed by atoms with Crippen LogP contribution in [0.1, 0.15) is 50.3 Å². The molecule has 2 aromatic carbocycles. The van der Waals surface area contributed by atoms with Gasteiger partial charge in [-0.2, -0.15) is 0 Å². The number of amides is 1. The van der Waals surface area contributed by atoms with Gasteiger partial charge in [-0.05, 0) is 79.7 Å². The van der Waals surface area contributed by atoms with Crippen LogP contribution in [0.25, 0.3) is 0 Å². The largest absolute Gasteiger partial charge is 0.415 e. The number of carbonyl (C=O) groups is 1. The number of amidine groups is 1. The molecule has 1 spiro atoms. The fraction of sp³-hybridized carbons (Fsp3) is 0.533. The second-order valence-electron chi connectivity index (χ2n) is 12.7. The molecule has 2 heterocycles. The number of carbonyl (C=O) groups excluding carboxylic acids is 1. The summed E-state index contributed by atoms with van der Waals surface area (Å²) in [6.45, 7) is 14.9. The van der Waals surface area contributed by atoms with Crippen molar-refractivity contribution in [1.29, 1.82) is 0 Å². The normalized spacial score (nSPS) is 17.7. The molecule has 0 saturated carbocycles. The van der Waals surface area contributed by atoms with Crippen LogP contribution in [0.5, 0.6) is 5.75 Å². The molecule has 1 amide bonds. The van der Waals surface area contributed by atoms with E-state index >= 15 is 0 Å². The zero-order valence-corrected chi connectivity index (χ0v) is 27.2. The van der Waals surface area contributed by atoms with Gasteiger partial charge in [-0.15, -0.1) is 0 Å². The van der Waals surface area contributed by atoms with Gasteiger partial charge in [0.05, 0.1) is 12.4 Å². The van der Waals surface area contributed by atoms with E-state index in [-0.39, 0.29) is 48.4 Å². The van der Waals surface area contributed by atoms with Gasteiger partial charge in [0.1, 0.15) is 11.4 Å². The van der Waals surface area contributed by atoms with E-state index in [0.29, 0.717) is 31.0 Å². The molecule has 1 saturated heterocycles. The van der Waals surface area contributed by atoms with Gasteiger partial charge in [0, 0.05) is 35.4 Å². The first-order valence-corrected chi connectivity index (χ1v) is 18.9. The molecule has 230 valence electrons. The number of rotatable bonds is 11. The highest BCUT2D eigenvalue weighted by atomic mass is 32.2. The number of benzene rings is 2. The smallest absolute Gasteiger partial charge is 0.253 e. The predicted molar refractivity (Wildman–Crippen MR) is 167 cm³/mol. The van der Waals surface area contributed by atoms with E-state index < -0.39 is 23.9 Å². The number of hydrogen-bond donors (Lipinski definition) is 2. The van der Waals surface area contributed by atoms with Gasteiger partial charge in [-0.3, -0.25) is 14.7 Å². The minimum Gasteiger partial charge on any atom is -0.415 e. The zero-order chi connectivity index (χ0) is 30.8. The maximum absolute atomic E-state index is 13.2. The van der Waals surface area contributed by atoms with Crippen LogP contribution >= 0.6 is 0 Å². The fourth-order valence-electron chi connectivity index (χ4n) is 4.99. The molecule has 2 N–H and O–H groups in total. The van der Waals surface area contributed by atoms with Gasteiger partial charge in [-0.25, -0.2) is 12.7 Å². The average Bonchev–Trinajstić information content (AvgIpc) is 3.25. The van der Waals surface area contributed by atoms with Crippen molar-refractivity contribution >= 4 is 35.8 Å². The molecule has 2 aliphatic heterocycles. The monoisotopic (exact) mass is 618 g/mol. The topological polar surface area (TPSA) is 109 Å². The lowest BCUT2D eigenvalue weighted by atomic mass is 9.89. The van der Waals surface area contributed by atoms with Gasteiger partial charge >= 0.3 is 0 Å². The van der Waals surface area contributed by atoms with Crippen molar-refractivity contribution in [2.45, 2.75) is 70.6 Å². The van der Waals surface area contributed by atoms with Crippen LogP contribution in [0.15, 0.2) is 47.5 Å². The third-order valence-electron chi connectivity index (χ3n) is 8.79. The molecule has 2 aromatic rings. The summed E-state index contributed by atoms with van der Waals surface area (Å²) in [5.41, 5.74) is 2.51. The molecule has 0 bridgehead atoms. The third kappa shape index (κ3) is 7.21. The molecule has 0 unspecified atom stereocenters. The Bertz CT molecular complexity index is 1430. The summed E-state index contributed by atoms with van der Waals surface area (Å²) in [6.07, 6.45) is 0.957. The van der Waals surface area contributed by atoms with Gasteiger partial charge in [-0.1, -0.05) is 39.0 Å². The molecule has 0 aliphatic carbocycles. The van der Waals surface area contributed by atoms with E-state index in [1.165, 1.54) is 16.4 Å². The van der Waals surface area contributed by atoms with Gasteiger partial charge in [0.25, 0.3) is 5.91 Å². The van der Waals surface area contributed by atoms with Gasteiger partial charge in [0.2, 0.25) is 10.0 Å². The molecule has 0 atom stereocenters. The van der Waals surface area contributed by atoms with Crippen LogP contribution in [0.3, 0.4) is 0 Å². The Hall–Kier alpha value is -2.80. The van der Waals surface area contributed by atoms with E-state index in [1.807, 2.05) is 25.1 Å². The number of nitrogens with zero attached hydrogens (tertiary/aromatic N) is 2. The molecule has 1 fully saturated rings. The molecular weight excluding hydrogens is 576 g/mol. The summed E-state index contributed by atoms with van der Waals surface area (Å²) in [6, 6.07) is 12.2. The number of sulfonamides is 1. The highest BCUT2D eigenvalue weighted by molar-refractivity contribution is 7.89. The highest BCUT2D eigenvalue weighted by Crippen LogP contribution is 2.36. The fourth-order valence-corrected chi connectivity index (χ4v) is 7.51. The number of aryl methyl sites for hydroxylation is 2. The lowest BCUT2D eigenvalue weighted by molar-refractivity contribution is -0.124. The lowest BCUT2D eigenvalue weighted by Gasteiger charge is -2.36. The van der Waals surface area contributed by atoms with E-state index in [9.17, 15) is 17.7 Å². The van der Waals surface area contributed by atoms with Gasteiger partial charge < -0.3 is 15.1 Å². The van der Waals surface area contributed by atoms with Crippen LogP contribution in [0.2, 0.25) is 18.1 Å². The summed E-state index contributed by atoms with van der Waals surface area (Å²) in [4.78, 5) is 21.3. The number of hydrogen-bond acceptors (Lipinski definition) is 7. The molecule has 42 heavy (non-hydrogen) atoms. The first-order valence-electron chi connectivity index (χ1n) is 14.4. The van der Waals surface area contributed by atoms with Crippen LogP contribution < -0.4 is 15.6 Å². The van der Waals surface area contributed by atoms with E-state index in [2.05, 4.69) is 54.4 Å². The van der Waals surface area contributed by atoms with Crippen LogP contribution in [0.4, 0.5) is 10.2 Å². The van der Waals surface area contributed by atoms with Crippen molar-refractivity contribution in [1.82, 2.24) is 9.62 Å². The second-order valence-corrected chi connectivity index (χ2v) is 19.6. The van der Waals surface area contributed by atoms with E-state index in [1.54, 1.807) is 12.1 Å². The van der Waals surface area contributed by atoms with Crippen molar-refractivity contribution < 1.29 is 27.1 Å². The number of aliphatic imine (C=N–C) groups is 1. The summed E-state index contributed by atoms with van der Waals surface area (Å²) in [7, 11) is -5.31. The first kappa shape index (κ1) is 32.1.